The minimum atomic E-state index is 0.0793. The maximum atomic E-state index is 8.85. The molecule has 1 aromatic carbocycles. The van der Waals surface area contributed by atoms with Crippen molar-refractivity contribution in [3.63, 3.8) is 0 Å². The first kappa shape index (κ1) is 12.2. The Hall–Kier alpha value is -0.840. The van der Waals surface area contributed by atoms with Crippen LogP contribution in [0.4, 0.5) is 5.69 Å². The molecule has 82 valence electrons. The number of anilines is 1. The Labute approximate surface area is 99.4 Å². The molecule has 3 nitrogen and oxygen atoms in total. The second kappa shape index (κ2) is 5.30. The smallest absolute Gasteiger partial charge is 0.106 e. The Balaban J connectivity index is 3.10. The molecule has 0 bridgehead atoms. The lowest BCUT2D eigenvalue weighted by molar-refractivity contribution is 0.304. The number of rotatable bonds is 4. The number of benzene rings is 1. The molecule has 0 heterocycles. The number of hydrogen-bond acceptors (Lipinski definition) is 3. The van der Waals surface area contributed by atoms with Crippen LogP contribution in [0.5, 0.6) is 0 Å². The summed E-state index contributed by atoms with van der Waals surface area (Å²) in [6.07, 6.45) is 0. The van der Waals surface area contributed by atoms with Crippen LogP contribution in [0.25, 0.3) is 0 Å². The lowest BCUT2D eigenvalue weighted by atomic mass is 10.1. The molecule has 3 N–H and O–H groups in total. The van der Waals surface area contributed by atoms with Gasteiger partial charge in [-0.05, 0) is 18.2 Å². The number of hydrogen-bond donors (Lipinski definition) is 2. The molecule has 15 heavy (non-hydrogen) atoms. The Bertz CT molecular complexity index is 370. The minimum Gasteiger partial charge on any atom is -0.395 e. The molecule has 0 aliphatic heterocycles. The molecule has 0 aromatic heterocycles. The topological polar surface area (TPSA) is 49.5 Å². The quantitative estimate of drug-likeness (QED) is 0.787. The first-order valence-corrected chi connectivity index (χ1v) is 5.26. The number of nitrogens with zero attached hydrogens (tertiary/aromatic N) is 1. The summed E-state index contributed by atoms with van der Waals surface area (Å²) >= 11 is 10.8. The lowest BCUT2D eigenvalue weighted by Gasteiger charge is -2.21. The van der Waals surface area contributed by atoms with Crippen LogP contribution < -0.4 is 10.6 Å². The molecule has 0 aliphatic rings. The summed E-state index contributed by atoms with van der Waals surface area (Å²) < 4.78 is 0. The number of aliphatic hydroxyl groups is 1. The van der Waals surface area contributed by atoms with Crippen LogP contribution in [0.15, 0.2) is 18.2 Å². The zero-order chi connectivity index (χ0) is 11.4. The van der Waals surface area contributed by atoms with E-state index in [1.54, 1.807) is 12.1 Å². The highest BCUT2D eigenvalue weighted by Crippen LogP contribution is 2.23. The van der Waals surface area contributed by atoms with Crippen molar-refractivity contribution in [2.75, 3.05) is 25.1 Å². The summed E-state index contributed by atoms with van der Waals surface area (Å²) in [5, 5.41) is 9.45. The summed E-state index contributed by atoms with van der Waals surface area (Å²) in [7, 11) is 1.86. The third kappa shape index (κ3) is 3.06. The van der Waals surface area contributed by atoms with Crippen molar-refractivity contribution in [1.82, 2.24) is 0 Å². The van der Waals surface area contributed by atoms with Gasteiger partial charge < -0.3 is 15.7 Å². The molecule has 0 radical (unpaired) electrons. The van der Waals surface area contributed by atoms with Gasteiger partial charge in [0.05, 0.1) is 6.61 Å². The second-order valence-electron chi connectivity index (χ2n) is 3.17. The van der Waals surface area contributed by atoms with Gasteiger partial charge in [0, 0.05) is 29.9 Å². The molecular formula is C10H13ClN2OS. The van der Waals surface area contributed by atoms with E-state index in [-0.39, 0.29) is 6.61 Å². The van der Waals surface area contributed by atoms with Gasteiger partial charge in [-0.2, -0.15) is 0 Å². The average Bonchev–Trinajstić information content (AvgIpc) is 2.17. The largest absolute Gasteiger partial charge is 0.395 e. The van der Waals surface area contributed by atoms with Gasteiger partial charge in [-0.1, -0.05) is 23.8 Å². The van der Waals surface area contributed by atoms with Crippen molar-refractivity contribution >= 4 is 34.5 Å². The normalized spacial score (nSPS) is 10.1. The van der Waals surface area contributed by atoms with E-state index in [0.29, 0.717) is 16.6 Å². The van der Waals surface area contributed by atoms with Crippen molar-refractivity contribution in [3.8, 4) is 0 Å². The first-order chi connectivity index (χ1) is 7.06. The van der Waals surface area contributed by atoms with Crippen LogP contribution in [0.1, 0.15) is 5.56 Å². The Morgan fingerprint density at radius 1 is 1.60 bits per heavy atom. The highest BCUT2D eigenvalue weighted by Gasteiger charge is 2.09. The number of thiocarbonyl (C=S) groups is 1. The van der Waals surface area contributed by atoms with Crippen LogP contribution in [0.2, 0.25) is 5.02 Å². The van der Waals surface area contributed by atoms with E-state index < -0.39 is 0 Å². The zero-order valence-electron chi connectivity index (χ0n) is 8.40. The number of likely N-dealkylation sites (N-methyl/N-ethyl adjacent to an activating group) is 1. The summed E-state index contributed by atoms with van der Waals surface area (Å²) in [5.74, 6) is 0. The fourth-order valence-corrected chi connectivity index (χ4v) is 1.64. The highest BCUT2D eigenvalue weighted by molar-refractivity contribution is 7.80. The van der Waals surface area contributed by atoms with Gasteiger partial charge in [0.2, 0.25) is 0 Å². The zero-order valence-corrected chi connectivity index (χ0v) is 9.98. The predicted octanol–water partition coefficient (Wildman–Crippen LogP) is 1.40. The van der Waals surface area contributed by atoms with Crippen LogP contribution in [-0.4, -0.2) is 30.3 Å². The van der Waals surface area contributed by atoms with Crippen molar-refractivity contribution < 1.29 is 5.11 Å². The maximum absolute atomic E-state index is 8.85. The maximum Gasteiger partial charge on any atom is 0.106 e. The van der Waals surface area contributed by atoms with Crippen molar-refractivity contribution in [1.29, 1.82) is 0 Å². The molecule has 0 unspecified atom stereocenters. The molecule has 0 spiro atoms. The molecule has 5 heteroatoms. The van der Waals surface area contributed by atoms with Crippen LogP contribution in [-0.2, 0) is 0 Å². The van der Waals surface area contributed by atoms with E-state index in [0.717, 1.165) is 11.3 Å². The van der Waals surface area contributed by atoms with Gasteiger partial charge >= 0.3 is 0 Å². The van der Waals surface area contributed by atoms with Gasteiger partial charge in [0.25, 0.3) is 0 Å². The molecule has 1 rings (SSSR count). The molecule has 0 amide bonds. The fraction of sp³-hybridized carbons (Fsp3) is 0.300. The van der Waals surface area contributed by atoms with Gasteiger partial charge in [-0.15, -0.1) is 0 Å². The monoisotopic (exact) mass is 244 g/mol. The van der Waals surface area contributed by atoms with Gasteiger partial charge in [-0.3, -0.25) is 0 Å². The summed E-state index contributed by atoms with van der Waals surface area (Å²) in [6.45, 7) is 0.604. The molecule has 0 atom stereocenters. The lowest BCUT2D eigenvalue weighted by Crippen LogP contribution is -2.24. The van der Waals surface area contributed by atoms with E-state index in [9.17, 15) is 0 Å². The number of aliphatic hydroxyl groups excluding tert-OH is 1. The van der Waals surface area contributed by atoms with E-state index in [2.05, 4.69) is 0 Å². The third-order valence-electron chi connectivity index (χ3n) is 2.07. The summed E-state index contributed by atoms with van der Waals surface area (Å²) in [5.41, 5.74) is 7.21. The molecular weight excluding hydrogens is 232 g/mol. The molecule has 1 aromatic rings. The third-order valence-corrected chi connectivity index (χ3v) is 2.53. The Morgan fingerprint density at radius 3 is 2.80 bits per heavy atom. The second-order valence-corrected chi connectivity index (χ2v) is 4.05. The van der Waals surface area contributed by atoms with Gasteiger partial charge in [-0.25, -0.2) is 0 Å². The van der Waals surface area contributed by atoms with Crippen molar-refractivity contribution in [3.05, 3.63) is 28.8 Å². The van der Waals surface area contributed by atoms with E-state index in [1.165, 1.54) is 0 Å². The van der Waals surface area contributed by atoms with E-state index >= 15 is 0 Å². The van der Waals surface area contributed by atoms with Gasteiger partial charge in [0.15, 0.2) is 0 Å². The van der Waals surface area contributed by atoms with Crippen molar-refractivity contribution in [2.45, 2.75) is 0 Å². The number of halogens is 1. The predicted molar refractivity (Wildman–Crippen MR) is 67.7 cm³/mol. The van der Waals surface area contributed by atoms with Crippen LogP contribution in [0, 0.1) is 0 Å². The highest BCUT2D eigenvalue weighted by atomic mass is 35.5. The summed E-state index contributed by atoms with van der Waals surface area (Å²) in [4.78, 5) is 2.18. The van der Waals surface area contributed by atoms with E-state index in [4.69, 9.17) is 34.7 Å². The molecule has 0 aliphatic carbocycles. The standard InChI is InChI=1S/C10H13ClN2OS/c1-13(4-5-14)9-3-2-7(11)6-8(9)10(12)15/h2-3,6,14H,4-5H2,1H3,(H2,12,15). The van der Waals surface area contributed by atoms with Gasteiger partial charge in [0.1, 0.15) is 4.99 Å². The van der Waals surface area contributed by atoms with Crippen LogP contribution in [0.3, 0.4) is 0 Å². The molecule has 0 saturated heterocycles. The van der Waals surface area contributed by atoms with E-state index in [1.807, 2.05) is 18.0 Å². The SMILES string of the molecule is CN(CCO)c1ccc(Cl)cc1C(N)=S. The fourth-order valence-electron chi connectivity index (χ4n) is 1.31. The Morgan fingerprint density at radius 2 is 2.27 bits per heavy atom. The number of nitrogens with two attached hydrogens (primary N) is 1. The minimum absolute atomic E-state index is 0.0793. The molecule has 0 saturated carbocycles. The summed E-state index contributed by atoms with van der Waals surface area (Å²) in [6, 6.07) is 5.34. The van der Waals surface area contributed by atoms with Crippen LogP contribution >= 0.6 is 23.8 Å². The molecule has 0 fully saturated rings. The van der Waals surface area contributed by atoms with Crippen molar-refractivity contribution in [2.24, 2.45) is 5.73 Å². The Kier molecular flexibility index (Phi) is 4.32. The average molecular weight is 245 g/mol. The first-order valence-electron chi connectivity index (χ1n) is 4.47.